The van der Waals surface area contributed by atoms with Crippen molar-refractivity contribution in [3.8, 4) is 0 Å². The predicted molar refractivity (Wildman–Crippen MR) is 71.3 cm³/mol. The molecule has 1 fully saturated rings. The fraction of sp³-hybridized carbons (Fsp3) is 0.385. The highest BCUT2D eigenvalue weighted by atomic mass is 16.3. The maximum atomic E-state index is 11.3. The summed E-state index contributed by atoms with van der Waals surface area (Å²) in [4.78, 5) is 11.3. The Morgan fingerprint density at radius 3 is 3.05 bits per heavy atom. The van der Waals surface area contributed by atoms with Crippen LogP contribution in [0.4, 0.5) is 5.69 Å². The Kier molecular flexibility index (Phi) is 2.67. The largest absolute Gasteiger partial charge is 0.399 e. The lowest BCUT2D eigenvalue weighted by molar-refractivity contribution is -0.127. The molecule has 1 amide bonds. The number of fused-ring (bicyclic) bond motifs is 1. The summed E-state index contributed by atoms with van der Waals surface area (Å²) in [6.07, 6.45) is 0.134. The second-order valence-electron chi connectivity index (χ2n) is 4.94. The smallest absolute Gasteiger partial charge is 0.222 e. The van der Waals surface area contributed by atoms with Crippen molar-refractivity contribution in [2.45, 2.75) is 25.0 Å². The number of piperidine rings is 1. The molecule has 6 nitrogen and oxygen atoms in total. The van der Waals surface area contributed by atoms with Crippen molar-refractivity contribution in [2.75, 3.05) is 5.73 Å². The van der Waals surface area contributed by atoms with Crippen LogP contribution >= 0.6 is 0 Å². The summed E-state index contributed by atoms with van der Waals surface area (Å²) in [5, 5.41) is 18.0. The first-order valence-corrected chi connectivity index (χ1v) is 6.26. The molecule has 100 valence electrons. The van der Waals surface area contributed by atoms with Crippen molar-refractivity contribution in [1.29, 1.82) is 0 Å². The zero-order valence-electron chi connectivity index (χ0n) is 10.6. The van der Waals surface area contributed by atoms with Crippen LogP contribution in [0.5, 0.6) is 0 Å². The van der Waals surface area contributed by atoms with Crippen molar-refractivity contribution >= 4 is 22.5 Å². The molecule has 0 bridgehead atoms. The second kappa shape index (κ2) is 4.24. The Balaban J connectivity index is 2.08. The quantitative estimate of drug-likeness (QED) is 0.650. The number of benzene rings is 1. The molecule has 1 aromatic carbocycles. The van der Waals surface area contributed by atoms with Crippen molar-refractivity contribution in [2.24, 2.45) is 7.05 Å². The van der Waals surface area contributed by atoms with E-state index >= 15 is 0 Å². The van der Waals surface area contributed by atoms with Crippen LogP contribution in [0.15, 0.2) is 18.2 Å². The molecule has 1 aliphatic heterocycles. The molecule has 0 spiro atoms. The molecule has 1 aliphatic rings. The van der Waals surface area contributed by atoms with Gasteiger partial charge in [0.2, 0.25) is 5.91 Å². The number of aliphatic hydroxyl groups excluding tert-OH is 1. The molecule has 1 saturated heterocycles. The molecule has 2 aromatic rings. The number of nitrogens with one attached hydrogen (secondary N) is 1. The number of nitrogen functional groups attached to an aromatic ring is 1. The van der Waals surface area contributed by atoms with E-state index < -0.39 is 6.23 Å². The molecule has 0 saturated carbocycles. The molecule has 4 N–H and O–H groups in total. The first-order valence-electron chi connectivity index (χ1n) is 6.26. The Morgan fingerprint density at radius 1 is 1.53 bits per heavy atom. The van der Waals surface area contributed by atoms with Crippen LogP contribution in [0, 0.1) is 0 Å². The molecule has 2 atom stereocenters. The number of amides is 1. The third kappa shape index (κ3) is 1.94. The number of anilines is 1. The van der Waals surface area contributed by atoms with E-state index in [-0.39, 0.29) is 11.8 Å². The average molecular weight is 260 g/mol. The third-order valence-electron chi connectivity index (χ3n) is 3.63. The van der Waals surface area contributed by atoms with E-state index in [2.05, 4.69) is 10.4 Å². The van der Waals surface area contributed by atoms with Crippen LogP contribution in [0.3, 0.4) is 0 Å². The van der Waals surface area contributed by atoms with E-state index in [1.807, 2.05) is 25.2 Å². The number of rotatable bonds is 1. The first-order chi connectivity index (χ1) is 9.06. The fourth-order valence-corrected chi connectivity index (χ4v) is 2.64. The van der Waals surface area contributed by atoms with Crippen LogP contribution in [0.2, 0.25) is 0 Å². The molecule has 0 aliphatic carbocycles. The summed E-state index contributed by atoms with van der Waals surface area (Å²) in [5.74, 6) is -0.293. The number of carbonyl (C=O) groups is 1. The van der Waals surface area contributed by atoms with Gasteiger partial charge in [0.1, 0.15) is 6.23 Å². The zero-order chi connectivity index (χ0) is 13.6. The van der Waals surface area contributed by atoms with E-state index in [0.29, 0.717) is 18.5 Å². The number of nitrogens with zero attached hydrogens (tertiary/aromatic N) is 2. The molecule has 2 unspecified atom stereocenters. The number of hydrogen-bond acceptors (Lipinski definition) is 4. The zero-order valence-corrected chi connectivity index (χ0v) is 10.6. The Labute approximate surface area is 110 Å². The molecule has 19 heavy (non-hydrogen) atoms. The number of hydrogen-bond donors (Lipinski definition) is 3. The minimum Gasteiger partial charge on any atom is -0.399 e. The topological polar surface area (TPSA) is 93.2 Å². The van der Waals surface area contributed by atoms with Gasteiger partial charge in [0, 0.05) is 30.5 Å². The van der Waals surface area contributed by atoms with Gasteiger partial charge in [-0.2, -0.15) is 5.10 Å². The lowest BCUT2D eigenvalue weighted by atomic mass is 9.92. The van der Waals surface area contributed by atoms with Gasteiger partial charge in [-0.3, -0.25) is 9.48 Å². The van der Waals surface area contributed by atoms with Crippen molar-refractivity contribution in [3.05, 3.63) is 23.9 Å². The Hall–Kier alpha value is -2.08. The summed E-state index contributed by atoms with van der Waals surface area (Å²) in [5.41, 5.74) is 8.20. The van der Waals surface area contributed by atoms with Gasteiger partial charge in [-0.25, -0.2) is 0 Å². The van der Waals surface area contributed by atoms with Crippen LogP contribution in [0.25, 0.3) is 10.9 Å². The van der Waals surface area contributed by atoms with Gasteiger partial charge in [-0.1, -0.05) is 0 Å². The Morgan fingerprint density at radius 2 is 2.32 bits per heavy atom. The number of carbonyl (C=O) groups excluding carboxylic acids is 1. The number of aryl methyl sites for hydroxylation is 1. The number of aliphatic hydroxyl groups is 1. The van der Waals surface area contributed by atoms with Crippen molar-refractivity contribution in [1.82, 2.24) is 15.1 Å². The maximum absolute atomic E-state index is 11.3. The summed E-state index contributed by atoms with van der Waals surface area (Å²) >= 11 is 0. The van der Waals surface area contributed by atoms with Gasteiger partial charge in [0.15, 0.2) is 0 Å². The number of nitrogens with two attached hydrogens (primary N) is 1. The minimum absolute atomic E-state index is 0.117. The first kappa shape index (κ1) is 12.0. The average Bonchev–Trinajstić information content (AvgIpc) is 2.66. The van der Waals surface area contributed by atoms with Crippen molar-refractivity contribution in [3.63, 3.8) is 0 Å². The monoisotopic (exact) mass is 260 g/mol. The van der Waals surface area contributed by atoms with Gasteiger partial charge >= 0.3 is 0 Å². The van der Waals surface area contributed by atoms with Crippen LogP contribution in [-0.2, 0) is 11.8 Å². The Bertz CT molecular complexity index is 649. The van der Waals surface area contributed by atoms with E-state index in [4.69, 9.17) is 5.73 Å². The minimum atomic E-state index is -0.878. The molecule has 6 heteroatoms. The highest BCUT2D eigenvalue weighted by Gasteiger charge is 2.31. The molecule has 2 heterocycles. The molecule has 1 aromatic heterocycles. The normalized spacial score (nSPS) is 23.6. The lowest BCUT2D eigenvalue weighted by Crippen LogP contribution is -2.43. The summed E-state index contributed by atoms with van der Waals surface area (Å²) in [7, 11) is 1.85. The van der Waals surface area contributed by atoms with Crippen LogP contribution < -0.4 is 11.1 Å². The highest BCUT2D eigenvalue weighted by Crippen LogP contribution is 2.32. The van der Waals surface area contributed by atoms with Crippen LogP contribution in [0.1, 0.15) is 24.5 Å². The van der Waals surface area contributed by atoms with E-state index in [0.717, 1.165) is 16.6 Å². The highest BCUT2D eigenvalue weighted by molar-refractivity contribution is 5.86. The second-order valence-corrected chi connectivity index (χ2v) is 4.94. The predicted octanol–water partition coefficient (Wildman–Crippen LogP) is 0.468. The van der Waals surface area contributed by atoms with Gasteiger partial charge in [-0.05, 0) is 24.6 Å². The molecule has 3 rings (SSSR count). The van der Waals surface area contributed by atoms with Crippen LogP contribution in [-0.4, -0.2) is 27.0 Å². The maximum Gasteiger partial charge on any atom is 0.222 e. The summed E-state index contributed by atoms with van der Waals surface area (Å²) in [6.45, 7) is 0. The van der Waals surface area contributed by atoms with Gasteiger partial charge < -0.3 is 16.2 Å². The van der Waals surface area contributed by atoms with E-state index in [1.165, 1.54) is 0 Å². The van der Waals surface area contributed by atoms with E-state index in [1.54, 1.807) is 4.68 Å². The molecular formula is C13H16N4O2. The fourth-order valence-electron chi connectivity index (χ4n) is 2.64. The van der Waals surface area contributed by atoms with Gasteiger partial charge in [0.25, 0.3) is 0 Å². The number of aromatic nitrogens is 2. The van der Waals surface area contributed by atoms with Crippen molar-refractivity contribution < 1.29 is 9.90 Å². The summed E-state index contributed by atoms with van der Waals surface area (Å²) < 4.78 is 1.75. The molecular weight excluding hydrogens is 244 g/mol. The third-order valence-corrected chi connectivity index (χ3v) is 3.63. The van der Waals surface area contributed by atoms with Gasteiger partial charge in [-0.15, -0.1) is 0 Å². The SMILES string of the molecule is Cn1nc(C2CCC(=O)NC2O)c2ccc(N)cc21. The van der Waals surface area contributed by atoms with E-state index in [9.17, 15) is 9.90 Å². The summed E-state index contributed by atoms with van der Waals surface area (Å²) in [6, 6.07) is 5.59. The lowest BCUT2D eigenvalue weighted by Gasteiger charge is -2.27. The standard InChI is InChI=1S/C13H16N4O2/c1-17-10-6-7(14)2-3-8(10)12(16-17)9-4-5-11(18)15-13(9)19/h2-3,6,9,13,19H,4-5,14H2,1H3,(H,15,18). The van der Waals surface area contributed by atoms with Gasteiger partial charge in [0.05, 0.1) is 11.2 Å². The molecule has 0 radical (unpaired) electrons.